The highest BCUT2D eigenvalue weighted by Gasteiger charge is 2.11. The van der Waals surface area contributed by atoms with Gasteiger partial charge in [-0.3, -0.25) is 0 Å². The van der Waals surface area contributed by atoms with Crippen molar-refractivity contribution in [2.45, 2.75) is 6.61 Å². The van der Waals surface area contributed by atoms with Crippen LogP contribution in [0.25, 0.3) is 0 Å². The standard InChI is InChI=1S/C11H8ClNO4/c12-7-1-3-9(4-2-7)16-5-8-6-17-10(13-8)11(14)15/h1-4,6H,5H2,(H,14,15). The molecule has 1 heterocycles. The summed E-state index contributed by atoms with van der Waals surface area (Å²) in [5, 5.41) is 9.22. The second kappa shape index (κ2) is 4.88. The Bertz CT molecular complexity index is 521. The molecule has 0 atom stereocenters. The molecular weight excluding hydrogens is 246 g/mol. The molecule has 0 saturated carbocycles. The van der Waals surface area contributed by atoms with Crippen LogP contribution >= 0.6 is 11.6 Å². The minimum absolute atomic E-state index is 0.137. The van der Waals surface area contributed by atoms with Crippen LogP contribution in [0.4, 0.5) is 0 Å². The summed E-state index contributed by atoms with van der Waals surface area (Å²) in [5.41, 5.74) is 0.414. The number of hydrogen-bond acceptors (Lipinski definition) is 4. The quantitative estimate of drug-likeness (QED) is 0.907. The van der Waals surface area contributed by atoms with E-state index in [1.807, 2.05) is 0 Å². The molecule has 0 aliphatic rings. The maximum absolute atomic E-state index is 10.5. The van der Waals surface area contributed by atoms with Crippen molar-refractivity contribution in [3.63, 3.8) is 0 Å². The van der Waals surface area contributed by atoms with E-state index in [2.05, 4.69) is 4.98 Å². The maximum Gasteiger partial charge on any atom is 0.392 e. The van der Waals surface area contributed by atoms with Crippen LogP contribution in [0.5, 0.6) is 5.75 Å². The van der Waals surface area contributed by atoms with Crippen LogP contribution in [0.1, 0.15) is 16.4 Å². The predicted octanol–water partition coefficient (Wildman–Crippen LogP) is 2.61. The van der Waals surface area contributed by atoms with Gasteiger partial charge in [-0.2, -0.15) is 0 Å². The topological polar surface area (TPSA) is 72.6 Å². The number of halogens is 1. The van der Waals surface area contributed by atoms with Gasteiger partial charge in [0.15, 0.2) is 0 Å². The van der Waals surface area contributed by atoms with E-state index in [0.717, 1.165) is 0 Å². The zero-order valence-electron chi connectivity index (χ0n) is 8.59. The fraction of sp³-hybridized carbons (Fsp3) is 0.0909. The lowest BCUT2D eigenvalue weighted by atomic mass is 10.3. The first-order chi connectivity index (χ1) is 8.15. The number of carbonyl (C=O) groups is 1. The van der Waals surface area contributed by atoms with E-state index >= 15 is 0 Å². The van der Waals surface area contributed by atoms with Gasteiger partial charge in [0.05, 0.1) is 0 Å². The number of benzene rings is 1. The summed E-state index contributed by atoms with van der Waals surface area (Å²) in [6.45, 7) is 0.137. The minimum Gasteiger partial charge on any atom is -0.487 e. The summed E-state index contributed by atoms with van der Waals surface area (Å²) in [4.78, 5) is 14.2. The third kappa shape index (κ3) is 2.98. The second-order valence-electron chi connectivity index (χ2n) is 3.19. The van der Waals surface area contributed by atoms with Gasteiger partial charge < -0.3 is 14.3 Å². The Hall–Kier alpha value is -2.01. The average molecular weight is 254 g/mol. The van der Waals surface area contributed by atoms with Crippen LogP contribution in [-0.2, 0) is 6.61 Å². The molecule has 0 saturated heterocycles. The highest BCUT2D eigenvalue weighted by Crippen LogP contribution is 2.16. The van der Waals surface area contributed by atoms with Gasteiger partial charge in [-0.15, -0.1) is 0 Å². The molecule has 88 valence electrons. The summed E-state index contributed by atoms with van der Waals surface area (Å²) in [5.74, 6) is -0.934. The lowest BCUT2D eigenvalue weighted by Gasteiger charge is -2.02. The Morgan fingerprint density at radius 2 is 2.12 bits per heavy atom. The van der Waals surface area contributed by atoms with Crippen molar-refractivity contribution in [3.05, 3.63) is 47.1 Å². The van der Waals surface area contributed by atoms with Crippen LogP contribution in [0, 0.1) is 0 Å². The molecule has 2 rings (SSSR count). The molecule has 17 heavy (non-hydrogen) atoms. The van der Waals surface area contributed by atoms with Crippen LogP contribution < -0.4 is 4.74 Å². The van der Waals surface area contributed by atoms with Crippen LogP contribution in [0.2, 0.25) is 5.02 Å². The van der Waals surface area contributed by atoms with E-state index in [9.17, 15) is 4.79 Å². The Morgan fingerprint density at radius 3 is 2.71 bits per heavy atom. The summed E-state index contributed by atoms with van der Waals surface area (Å²) in [6.07, 6.45) is 1.25. The number of oxazole rings is 1. The van der Waals surface area contributed by atoms with Crippen LogP contribution in [0.3, 0.4) is 0 Å². The summed E-state index contributed by atoms with van der Waals surface area (Å²) < 4.78 is 10.1. The van der Waals surface area contributed by atoms with E-state index in [1.165, 1.54) is 6.26 Å². The van der Waals surface area contributed by atoms with E-state index in [-0.39, 0.29) is 12.5 Å². The zero-order chi connectivity index (χ0) is 12.3. The third-order valence-corrected chi connectivity index (χ3v) is 2.19. The Morgan fingerprint density at radius 1 is 1.41 bits per heavy atom. The molecule has 0 aliphatic carbocycles. The normalized spacial score (nSPS) is 10.2. The molecule has 2 aromatic rings. The van der Waals surface area contributed by atoms with Gasteiger partial charge in [0.1, 0.15) is 24.3 Å². The summed E-state index contributed by atoms with van der Waals surface area (Å²) in [7, 11) is 0. The average Bonchev–Trinajstić information content (AvgIpc) is 2.77. The number of aromatic nitrogens is 1. The molecule has 0 unspecified atom stereocenters. The molecule has 0 fully saturated rings. The molecule has 1 aromatic heterocycles. The van der Waals surface area contributed by atoms with Gasteiger partial charge in [-0.05, 0) is 24.3 Å². The summed E-state index contributed by atoms with van der Waals surface area (Å²) in [6, 6.07) is 6.81. The second-order valence-corrected chi connectivity index (χ2v) is 3.63. The Kier molecular flexibility index (Phi) is 3.30. The lowest BCUT2D eigenvalue weighted by Crippen LogP contribution is -1.99. The predicted molar refractivity (Wildman–Crippen MR) is 59.2 cm³/mol. The van der Waals surface area contributed by atoms with Crippen molar-refractivity contribution >= 4 is 17.6 Å². The van der Waals surface area contributed by atoms with E-state index < -0.39 is 5.97 Å². The van der Waals surface area contributed by atoms with Crippen molar-refractivity contribution in [2.24, 2.45) is 0 Å². The van der Waals surface area contributed by atoms with E-state index in [0.29, 0.717) is 16.5 Å². The molecule has 0 spiro atoms. The third-order valence-electron chi connectivity index (χ3n) is 1.94. The van der Waals surface area contributed by atoms with Crippen LogP contribution in [0.15, 0.2) is 34.9 Å². The van der Waals surface area contributed by atoms with E-state index in [1.54, 1.807) is 24.3 Å². The molecule has 0 bridgehead atoms. The summed E-state index contributed by atoms with van der Waals surface area (Å²) >= 11 is 5.72. The molecular formula is C11H8ClNO4. The molecule has 0 amide bonds. The van der Waals surface area contributed by atoms with Gasteiger partial charge in [0.2, 0.25) is 0 Å². The lowest BCUT2D eigenvalue weighted by molar-refractivity contribution is 0.0653. The van der Waals surface area contributed by atoms with Gasteiger partial charge in [-0.25, -0.2) is 9.78 Å². The fourth-order valence-corrected chi connectivity index (χ4v) is 1.29. The molecule has 0 radical (unpaired) electrons. The molecule has 0 aliphatic heterocycles. The van der Waals surface area contributed by atoms with Crippen molar-refractivity contribution < 1.29 is 19.1 Å². The molecule has 1 N–H and O–H groups in total. The molecule has 1 aromatic carbocycles. The number of carboxylic acids is 1. The minimum atomic E-state index is -1.21. The monoisotopic (exact) mass is 253 g/mol. The van der Waals surface area contributed by atoms with Gasteiger partial charge in [0.25, 0.3) is 0 Å². The van der Waals surface area contributed by atoms with Gasteiger partial charge >= 0.3 is 11.9 Å². The van der Waals surface area contributed by atoms with Crippen molar-refractivity contribution in [2.75, 3.05) is 0 Å². The van der Waals surface area contributed by atoms with Gasteiger partial charge in [0, 0.05) is 5.02 Å². The largest absolute Gasteiger partial charge is 0.487 e. The zero-order valence-corrected chi connectivity index (χ0v) is 9.35. The Labute approximate surface area is 102 Å². The first-order valence-corrected chi connectivity index (χ1v) is 5.09. The number of hydrogen-bond donors (Lipinski definition) is 1. The molecule has 5 nitrogen and oxygen atoms in total. The molecule has 6 heteroatoms. The number of aromatic carboxylic acids is 1. The van der Waals surface area contributed by atoms with Crippen molar-refractivity contribution in [3.8, 4) is 5.75 Å². The van der Waals surface area contributed by atoms with Crippen LogP contribution in [-0.4, -0.2) is 16.1 Å². The fourth-order valence-electron chi connectivity index (χ4n) is 1.16. The Balaban J connectivity index is 1.97. The smallest absolute Gasteiger partial charge is 0.392 e. The number of carboxylic acid groups (broad SMARTS) is 1. The SMILES string of the molecule is O=C(O)c1nc(COc2ccc(Cl)cc2)co1. The van der Waals surface area contributed by atoms with Gasteiger partial charge in [-0.1, -0.05) is 11.6 Å². The highest BCUT2D eigenvalue weighted by atomic mass is 35.5. The maximum atomic E-state index is 10.5. The highest BCUT2D eigenvalue weighted by molar-refractivity contribution is 6.30. The number of ether oxygens (including phenoxy) is 1. The first-order valence-electron chi connectivity index (χ1n) is 4.71. The number of nitrogens with zero attached hydrogens (tertiary/aromatic N) is 1. The van der Waals surface area contributed by atoms with E-state index in [4.69, 9.17) is 25.9 Å². The number of rotatable bonds is 4. The van der Waals surface area contributed by atoms with Crippen molar-refractivity contribution in [1.29, 1.82) is 0 Å². The first kappa shape index (κ1) is 11.5. The van der Waals surface area contributed by atoms with Crippen molar-refractivity contribution in [1.82, 2.24) is 4.98 Å².